The van der Waals surface area contributed by atoms with E-state index in [1.54, 1.807) is 6.92 Å². The molecule has 7 heteroatoms. The molecule has 1 saturated heterocycles. The van der Waals surface area contributed by atoms with Crippen LogP contribution < -0.4 is 5.32 Å². The minimum absolute atomic E-state index is 0.0508. The van der Waals surface area contributed by atoms with E-state index in [0.29, 0.717) is 19.5 Å². The number of hydrogen-bond donors (Lipinski definition) is 2. The number of fused-ring (bicyclic) bond motifs is 3. The van der Waals surface area contributed by atoms with E-state index in [-0.39, 0.29) is 23.3 Å². The Hall–Kier alpha value is -2.67. The van der Waals surface area contributed by atoms with Crippen molar-refractivity contribution in [1.82, 2.24) is 19.8 Å². The summed E-state index contributed by atoms with van der Waals surface area (Å²) < 4.78 is 2.21. The maximum atomic E-state index is 12.4. The third-order valence-corrected chi connectivity index (χ3v) is 7.36. The number of carbonyl (C=O) groups excluding carboxylic acids is 2. The summed E-state index contributed by atoms with van der Waals surface area (Å²) in [6, 6.07) is 8.02. The van der Waals surface area contributed by atoms with Crippen molar-refractivity contribution in [3.8, 4) is 11.3 Å². The lowest BCUT2D eigenvalue weighted by molar-refractivity contribution is -0.165. The molecule has 3 heterocycles. The summed E-state index contributed by atoms with van der Waals surface area (Å²) in [5.74, 6) is 0.106. The van der Waals surface area contributed by atoms with Crippen LogP contribution in [0.1, 0.15) is 37.8 Å². The van der Waals surface area contributed by atoms with Gasteiger partial charge >= 0.3 is 0 Å². The van der Waals surface area contributed by atoms with Crippen LogP contribution in [0.3, 0.4) is 0 Å². The molecule has 2 N–H and O–H groups in total. The highest BCUT2D eigenvalue weighted by molar-refractivity contribution is 5.83. The van der Waals surface area contributed by atoms with Crippen molar-refractivity contribution < 1.29 is 14.7 Å². The molecule has 3 aliphatic rings. The summed E-state index contributed by atoms with van der Waals surface area (Å²) in [6.07, 6.45) is 6.51. The summed E-state index contributed by atoms with van der Waals surface area (Å²) in [5.41, 5.74) is 3.49. The first-order valence-corrected chi connectivity index (χ1v) is 10.3. The Bertz CT molecular complexity index is 947. The van der Waals surface area contributed by atoms with Crippen LogP contribution in [0.5, 0.6) is 0 Å². The molecule has 152 valence electrons. The van der Waals surface area contributed by atoms with Crippen molar-refractivity contribution in [2.24, 2.45) is 11.3 Å². The summed E-state index contributed by atoms with van der Waals surface area (Å²) in [6.45, 7) is 2.96. The molecule has 2 unspecified atom stereocenters. The number of aliphatic hydroxyl groups excluding tert-OH is 1. The minimum Gasteiger partial charge on any atom is -0.392 e. The van der Waals surface area contributed by atoms with Crippen molar-refractivity contribution in [3.05, 3.63) is 42.4 Å². The van der Waals surface area contributed by atoms with Crippen molar-refractivity contribution in [3.63, 3.8) is 0 Å². The fourth-order valence-electron chi connectivity index (χ4n) is 5.71. The molecule has 1 aliphatic carbocycles. The van der Waals surface area contributed by atoms with E-state index in [4.69, 9.17) is 0 Å². The number of piperidine rings is 1. The van der Waals surface area contributed by atoms with E-state index in [1.165, 1.54) is 11.1 Å². The molecule has 29 heavy (non-hydrogen) atoms. The average Bonchev–Trinajstić information content (AvgIpc) is 3.33. The number of nitrogens with one attached hydrogen (secondary N) is 1. The predicted molar refractivity (Wildman–Crippen MR) is 107 cm³/mol. The van der Waals surface area contributed by atoms with E-state index in [1.807, 2.05) is 23.5 Å². The molecule has 5 rings (SSSR count). The van der Waals surface area contributed by atoms with E-state index in [2.05, 4.69) is 33.1 Å². The number of aromatic nitrogens is 2. The second-order valence-electron chi connectivity index (χ2n) is 8.72. The first-order valence-electron chi connectivity index (χ1n) is 10.3. The highest BCUT2D eigenvalue weighted by Gasteiger charge is 2.58. The van der Waals surface area contributed by atoms with Gasteiger partial charge in [-0.2, -0.15) is 0 Å². The third-order valence-electron chi connectivity index (χ3n) is 7.36. The molecule has 0 bridgehead atoms. The number of hydrogen-bond acceptors (Lipinski definition) is 4. The summed E-state index contributed by atoms with van der Waals surface area (Å²) in [7, 11) is 0. The van der Waals surface area contributed by atoms with Crippen LogP contribution in [-0.4, -0.2) is 57.1 Å². The topological polar surface area (TPSA) is 87.5 Å². The summed E-state index contributed by atoms with van der Waals surface area (Å²) in [4.78, 5) is 29.2. The van der Waals surface area contributed by atoms with Gasteiger partial charge in [-0.15, -0.1) is 0 Å². The Balaban J connectivity index is 1.30. The first-order chi connectivity index (χ1) is 14.1. The Morgan fingerprint density at radius 2 is 2.10 bits per heavy atom. The maximum Gasteiger partial charge on any atom is 0.244 e. The number of nitrogens with zero attached hydrogens (tertiary/aromatic N) is 3. The molecule has 1 spiro atoms. The molecular weight excluding hydrogens is 368 g/mol. The Morgan fingerprint density at radius 1 is 1.34 bits per heavy atom. The zero-order chi connectivity index (χ0) is 20.2. The predicted octanol–water partition coefficient (Wildman–Crippen LogP) is 1.58. The van der Waals surface area contributed by atoms with Crippen LogP contribution in [-0.2, 0) is 9.59 Å². The van der Waals surface area contributed by atoms with Crippen molar-refractivity contribution in [2.75, 3.05) is 13.1 Å². The van der Waals surface area contributed by atoms with Gasteiger partial charge in [-0.25, -0.2) is 4.98 Å². The van der Waals surface area contributed by atoms with Gasteiger partial charge in [0.05, 0.1) is 30.4 Å². The molecule has 2 fully saturated rings. The average molecular weight is 394 g/mol. The Morgan fingerprint density at radius 3 is 2.83 bits per heavy atom. The molecule has 2 aliphatic heterocycles. The van der Waals surface area contributed by atoms with Crippen LogP contribution in [0.25, 0.3) is 11.3 Å². The van der Waals surface area contributed by atoms with Gasteiger partial charge in [0.15, 0.2) is 0 Å². The first kappa shape index (κ1) is 18.4. The van der Waals surface area contributed by atoms with Gasteiger partial charge in [0.25, 0.3) is 0 Å². The molecule has 2 amide bonds. The zero-order valence-electron chi connectivity index (χ0n) is 16.5. The summed E-state index contributed by atoms with van der Waals surface area (Å²) >= 11 is 0. The van der Waals surface area contributed by atoms with E-state index < -0.39 is 12.1 Å². The van der Waals surface area contributed by atoms with E-state index in [9.17, 15) is 14.7 Å². The quantitative estimate of drug-likeness (QED) is 0.771. The molecule has 0 radical (unpaired) electrons. The van der Waals surface area contributed by atoms with Crippen LogP contribution in [0, 0.1) is 11.3 Å². The van der Waals surface area contributed by atoms with Crippen LogP contribution >= 0.6 is 0 Å². The standard InChI is InChI=1S/C22H26N4O3/c1-14(24-13-27)21(29)25-8-6-22(7-9-25)10-17(20(22)28)19-16-5-3-2-4-15(16)18-11-23-12-26(18)19/h2-5,11-14,17,19-20,28H,6-10H2,1H3,(H,24,27)/t14?,17-,19?,20+/m0/s1. The van der Waals surface area contributed by atoms with Crippen LogP contribution in [0.4, 0.5) is 0 Å². The second kappa shape index (κ2) is 6.69. The van der Waals surface area contributed by atoms with Crippen molar-refractivity contribution >= 4 is 12.3 Å². The molecule has 1 aromatic carbocycles. The van der Waals surface area contributed by atoms with E-state index in [0.717, 1.165) is 25.0 Å². The molecule has 1 saturated carbocycles. The lowest BCUT2D eigenvalue weighted by Crippen LogP contribution is -2.60. The third kappa shape index (κ3) is 2.64. The number of likely N-dealkylation sites (tertiary alicyclic amines) is 1. The highest BCUT2D eigenvalue weighted by atomic mass is 16.3. The smallest absolute Gasteiger partial charge is 0.244 e. The fraction of sp³-hybridized carbons (Fsp3) is 0.500. The molecule has 4 atom stereocenters. The molecule has 2 aromatic rings. The van der Waals surface area contributed by atoms with Crippen molar-refractivity contribution in [2.45, 2.75) is 44.4 Å². The van der Waals surface area contributed by atoms with Gasteiger partial charge in [0, 0.05) is 30.0 Å². The van der Waals surface area contributed by atoms with Gasteiger partial charge < -0.3 is 19.9 Å². The fourth-order valence-corrected chi connectivity index (χ4v) is 5.71. The maximum absolute atomic E-state index is 12.4. The number of aliphatic hydroxyl groups is 1. The Labute approximate surface area is 169 Å². The minimum atomic E-state index is -0.504. The van der Waals surface area contributed by atoms with Gasteiger partial charge in [0.2, 0.25) is 12.3 Å². The number of benzene rings is 1. The molecular formula is C22H26N4O3. The largest absolute Gasteiger partial charge is 0.392 e. The van der Waals surface area contributed by atoms with E-state index >= 15 is 0 Å². The number of amides is 2. The van der Waals surface area contributed by atoms with Gasteiger partial charge in [-0.05, 0) is 31.7 Å². The second-order valence-corrected chi connectivity index (χ2v) is 8.72. The lowest BCUT2D eigenvalue weighted by Gasteiger charge is -2.58. The molecule has 1 aromatic heterocycles. The summed E-state index contributed by atoms with van der Waals surface area (Å²) in [5, 5.41) is 13.8. The van der Waals surface area contributed by atoms with Gasteiger partial charge in [-0.3, -0.25) is 9.59 Å². The number of imidazole rings is 1. The molecule has 7 nitrogen and oxygen atoms in total. The van der Waals surface area contributed by atoms with Crippen LogP contribution in [0.2, 0.25) is 0 Å². The Kier molecular flexibility index (Phi) is 4.24. The SMILES string of the molecule is CC(NC=O)C(=O)N1CCC2(CC1)C[C@@H](C1c3ccccc3-c3cncn31)[C@H]2O. The monoisotopic (exact) mass is 394 g/mol. The van der Waals surface area contributed by atoms with Gasteiger partial charge in [0.1, 0.15) is 6.04 Å². The zero-order valence-corrected chi connectivity index (χ0v) is 16.5. The highest BCUT2D eigenvalue weighted by Crippen LogP contribution is 2.59. The van der Waals surface area contributed by atoms with Gasteiger partial charge in [-0.1, -0.05) is 24.3 Å². The number of carbonyl (C=O) groups is 2. The van der Waals surface area contributed by atoms with Crippen molar-refractivity contribution in [1.29, 1.82) is 0 Å². The normalized spacial score (nSPS) is 27.7. The lowest BCUT2D eigenvalue weighted by atomic mass is 9.53. The number of rotatable bonds is 4. The van der Waals surface area contributed by atoms with Crippen LogP contribution in [0.15, 0.2) is 36.8 Å².